The molecule has 1 aromatic carbocycles. The van der Waals surface area contributed by atoms with E-state index in [4.69, 9.17) is 9.84 Å². The van der Waals surface area contributed by atoms with Crippen LogP contribution in [0.5, 0.6) is 0 Å². The predicted octanol–water partition coefficient (Wildman–Crippen LogP) is 1.89. The van der Waals surface area contributed by atoms with Crippen LogP contribution in [0.2, 0.25) is 0 Å². The molecule has 2 aromatic rings. The summed E-state index contributed by atoms with van der Waals surface area (Å²) in [4.78, 5) is 10.8. The Morgan fingerprint density at radius 3 is 2.83 bits per heavy atom. The van der Waals surface area contributed by atoms with Crippen molar-refractivity contribution in [1.29, 1.82) is 0 Å². The monoisotopic (exact) mass is 244 g/mol. The van der Waals surface area contributed by atoms with Crippen LogP contribution in [0.15, 0.2) is 30.3 Å². The number of H-pyrrole nitrogens is 1. The lowest BCUT2D eigenvalue weighted by atomic mass is 9.95. The maximum atomic E-state index is 10.8. The summed E-state index contributed by atoms with van der Waals surface area (Å²) >= 11 is 0. The maximum Gasteiger partial charge on any atom is 0.353 e. The van der Waals surface area contributed by atoms with Gasteiger partial charge in [-0.15, -0.1) is 0 Å². The number of carbonyl (C=O) groups is 1. The van der Waals surface area contributed by atoms with E-state index in [1.807, 2.05) is 18.2 Å². The lowest BCUT2D eigenvalue weighted by Crippen LogP contribution is -2.24. The van der Waals surface area contributed by atoms with Crippen LogP contribution in [-0.2, 0) is 4.74 Å². The van der Waals surface area contributed by atoms with Gasteiger partial charge in [0.05, 0.1) is 18.9 Å². The number of nitrogens with zero attached hydrogens (tertiary/aromatic N) is 1. The first-order chi connectivity index (χ1) is 8.74. The number of carboxylic acids is 1. The van der Waals surface area contributed by atoms with Crippen LogP contribution in [0.3, 0.4) is 0 Å². The summed E-state index contributed by atoms with van der Waals surface area (Å²) in [5.74, 6) is -0.555. The highest BCUT2D eigenvalue weighted by molar-refractivity contribution is 5.86. The van der Waals surface area contributed by atoms with Gasteiger partial charge in [-0.05, 0) is 17.7 Å². The Bertz CT molecular complexity index is 587. The molecule has 0 spiro atoms. The fraction of sp³-hybridized carbons (Fsp3) is 0.231. The Morgan fingerprint density at radius 1 is 1.39 bits per heavy atom. The van der Waals surface area contributed by atoms with Crippen LogP contribution >= 0.6 is 0 Å². The van der Waals surface area contributed by atoms with E-state index in [2.05, 4.69) is 16.3 Å². The zero-order valence-corrected chi connectivity index (χ0v) is 9.59. The van der Waals surface area contributed by atoms with E-state index < -0.39 is 5.97 Å². The zero-order chi connectivity index (χ0) is 12.5. The van der Waals surface area contributed by atoms with Crippen molar-refractivity contribution in [3.05, 3.63) is 41.6 Å². The number of benzene rings is 1. The summed E-state index contributed by atoms with van der Waals surface area (Å²) in [6.07, 6.45) is 0. The second kappa shape index (κ2) is 4.27. The van der Waals surface area contributed by atoms with E-state index in [-0.39, 0.29) is 5.69 Å². The Morgan fingerprint density at radius 2 is 2.22 bits per heavy atom. The average Bonchev–Trinajstić information content (AvgIpc) is 2.76. The molecule has 0 radical (unpaired) electrons. The van der Waals surface area contributed by atoms with Gasteiger partial charge in [-0.25, -0.2) is 4.79 Å². The van der Waals surface area contributed by atoms with Gasteiger partial charge in [0.1, 0.15) is 5.69 Å². The SMILES string of the molecule is O=C(O)c1cc(-c2cccc(C3COC3)c2)n[nH]1. The summed E-state index contributed by atoms with van der Waals surface area (Å²) < 4.78 is 5.17. The van der Waals surface area contributed by atoms with E-state index in [0.29, 0.717) is 11.6 Å². The van der Waals surface area contributed by atoms with Crippen molar-refractivity contribution in [2.45, 2.75) is 5.92 Å². The first kappa shape index (κ1) is 11.0. The molecular formula is C13H12N2O3. The number of nitrogens with one attached hydrogen (secondary N) is 1. The average molecular weight is 244 g/mol. The highest BCUT2D eigenvalue weighted by atomic mass is 16.5. The topological polar surface area (TPSA) is 75.2 Å². The third kappa shape index (κ3) is 1.89. The Labute approximate surface area is 103 Å². The van der Waals surface area contributed by atoms with Crippen LogP contribution in [0.25, 0.3) is 11.3 Å². The minimum atomic E-state index is -1.00. The van der Waals surface area contributed by atoms with Gasteiger partial charge >= 0.3 is 5.97 Å². The van der Waals surface area contributed by atoms with Gasteiger partial charge in [-0.3, -0.25) is 5.10 Å². The Kier molecular flexibility index (Phi) is 2.60. The lowest BCUT2D eigenvalue weighted by Gasteiger charge is -2.26. The molecule has 0 aliphatic carbocycles. The molecule has 0 saturated carbocycles. The van der Waals surface area contributed by atoms with Crippen LogP contribution in [0.1, 0.15) is 22.0 Å². The molecule has 3 rings (SSSR count). The molecule has 2 N–H and O–H groups in total. The number of hydrogen-bond acceptors (Lipinski definition) is 3. The number of aromatic carboxylic acids is 1. The van der Waals surface area contributed by atoms with E-state index in [0.717, 1.165) is 18.8 Å². The smallest absolute Gasteiger partial charge is 0.353 e. The summed E-state index contributed by atoms with van der Waals surface area (Å²) in [5, 5.41) is 15.4. The van der Waals surface area contributed by atoms with Gasteiger partial charge in [0, 0.05) is 11.5 Å². The molecule has 5 heteroatoms. The number of aromatic amines is 1. The fourth-order valence-electron chi connectivity index (χ4n) is 1.96. The second-order valence-electron chi connectivity index (χ2n) is 4.33. The summed E-state index contributed by atoms with van der Waals surface area (Å²) in [7, 11) is 0. The van der Waals surface area contributed by atoms with Gasteiger partial charge in [0.15, 0.2) is 0 Å². The molecule has 1 fully saturated rings. The van der Waals surface area contributed by atoms with Gasteiger partial charge in [-0.2, -0.15) is 5.10 Å². The number of carboxylic acid groups (broad SMARTS) is 1. The molecule has 0 amide bonds. The molecule has 0 atom stereocenters. The molecule has 92 valence electrons. The van der Waals surface area contributed by atoms with Crippen molar-refractivity contribution in [2.24, 2.45) is 0 Å². The molecule has 18 heavy (non-hydrogen) atoms. The van der Waals surface area contributed by atoms with E-state index in [1.54, 1.807) is 6.07 Å². The second-order valence-corrected chi connectivity index (χ2v) is 4.33. The van der Waals surface area contributed by atoms with Crippen molar-refractivity contribution < 1.29 is 14.6 Å². The first-order valence-corrected chi connectivity index (χ1v) is 5.71. The predicted molar refractivity (Wildman–Crippen MR) is 64.5 cm³/mol. The van der Waals surface area contributed by atoms with Crippen LogP contribution in [0.4, 0.5) is 0 Å². The minimum absolute atomic E-state index is 0.0994. The van der Waals surface area contributed by atoms with Gasteiger partial charge in [0.25, 0.3) is 0 Å². The highest BCUT2D eigenvalue weighted by Gasteiger charge is 2.21. The lowest BCUT2D eigenvalue weighted by molar-refractivity contribution is 0.00844. The van der Waals surface area contributed by atoms with Crippen molar-refractivity contribution in [3.63, 3.8) is 0 Å². The summed E-state index contributed by atoms with van der Waals surface area (Å²) in [5.41, 5.74) is 2.87. The number of ether oxygens (including phenoxy) is 1. The largest absolute Gasteiger partial charge is 0.477 e. The molecule has 2 heterocycles. The van der Waals surface area contributed by atoms with Gasteiger partial charge in [0.2, 0.25) is 0 Å². The minimum Gasteiger partial charge on any atom is -0.477 e. The van der Waals surface area contributed by atoms with Crippen molar-refractivity contribution >= 4 is 5.97 Å². The summed E-state index contributed by atoms with van der Waals surface area (Å²) in [6, 6.07) is 9.51. The van der Waals surface area contributed by atoms with Crippen LogP contribution in [-0.4, -0.2) is 34.5 Å². The molecular weight excluding hydrogens is 232 g/mol. The molecule has 0 unspecified atom stereocenters. The summed E-state index contributed by atoms with van der Waals surface area (Å²) in [6.45, 7) is 1.51. The molecule has 1 aliphatic rings. The third-order valence-corrected chi connectivity index (χ3v) is 3.10. The standard InChI is InChI=1S/C13H12N2O3/c16-13(17)12-5-11(14-15-12)9-3-1-2-8(4-9)10-6-18-7-10/h1-5,10H,6-7H2,(H,14,15)(H,16,17). The normalized spacial score (nSPS) is 15.3. The molecule has 5 nitrogen and oxygen atoms in total. The van der Waals surface area contributed by atoms with Gasteiger partial charge in [-0.1, -0.05) is 18.2 Å². The Hall–Kier alpha value is -2.14. The van der Waals surface area contributed by atoms with Crippen LogP contribution in [0, 0.1) is 0 Å². The molecule has 1 aliphatic heterocycles. The maximum absolute atomic E-state index is 10.8. The molecule has 1 saturated heterocycles. The number of rotatable bonds is 3. The highest BCUT2D eigenvalue weighted by Crippen LogP contribution is 2.27. The molecule has 0 bridgehead atoms. The van der Waals surface area contributed by atoms with Gasteiger partial charge < -0.3 is 9.84 Å². The first-order valence-electron chi connectivity index (χ1n) is 5.71. The fourth-order valence-corrected chi connectivity index (χ4v) is 1.96. The van der Waals surface area contributed by atoms with Crippen molar-refractivity contribution in [2.75, 3.05) is 13.2 Å². The van der Waals surface area contributed by atoms with Crippen molar-refractivity contribution in [1.82, 2.24) is 10.2 Å². The third-order valence-electron chi connectivity index (χ3n) is 3.10. The number of hydrogen-bond donors (Lipinski definition) is 2. The quantitative estimate of drug-likeness (QED) is 0.864. The van der Waals surface area contributed by atoms with Crippen LogP contribution < -0.4 is 0 Å². The zero-order valence-electron chi connectivity index (χ0n) is 9.59. The Balaban J connectivity index is 1.92. The van der Waals surface area contributed by atoms with E-state index >= 15 is 0 Å². The van der Waals surface area contributed by atoms with Crippen molar-refractivity contribution in [3.8, 4) is 11.3 Å². The molecule has 1 aromatic heterocycles. The van der Waals surface area contributed by atoms with E-state index in [9.17, 15) is 4.79 Å². The number of aromatic nitrogens is 2. The van der Waals surface area contributed by atoms with E-state index in [1.165, 1.54) is 5.56 Å².